The van der Waals surface area contributed by atoms with Crippen LogP contribution in [0, 0.1) is 5.41 Å². The summed E-state index contributed by atoms with van der Waals surface area (Å²) in [5.74, 6) is 0. The molecule has 1 aromatic heterocycles. The molecule has 3 rings (SSSR count). The third kappa shape index (κ3) is 3.26. The van der Waals surface area contributed by atoms with E-state index in [0.29, 0.717) is 5.41 Å². The van der Waals surface area contributed by atoms with Gasteiger partial charge in [0, 0.05) is 25.0 Å². The van der Waals surface area contributed by atoms with Crippen molar-refractivity contribution >= 4 is 0 Å². The molecule has 1 saturated heterocycles. The van der Waals surface area contributed by atoms with Gasteiger partial charge in [-0.2, -0.15) is 0 Å². The van der Waals surface area contributed by atoms with Crippen LogP contribution in [0.1, 0.15) is 43.5 Å². The summed E-state index contributed by atoms with van der Waals surface area (Å²) in [5, 5.41) is 0. The molecule has 2 heterocycles. The number of nitrogens with zero attached hydrogens (tertiary/aromatic N) is 1. The second kappa shape index (κ2) is 5.90. The zero-order chi connectivity index (χ0) is 14.0. The van der Waals surface area contributed by atoms with Crippen molar-refractivity contribution in [2.75, 3.05) is 32.8 Å². The first-order valence-corrected chi connectivity index (χ1v) is 8.12. The number of aromatic nitrogens is 1. The third-order valence-electron chi connectivity index (χ3n) is 4.90. The van der Waals surface area contributed by atoms with Crippen molar-refractivity contribution in [1.29, 1.82) is 0 Å². The fourth-order valence-corrected chi connectivity index (χ4v) is 3.58. The van der Waals surface area contributed by atoms with E-state index in [2.05, 4.69) is 29.9 Å². The summed E-state index contributed by atoms with van der Waals surface area (Å²) < 4.78 is 5.40. The Morgan fingerprint density at radius 2 is 2.10 bits per heavy atom. The smallest absolute Gasteiger partial charge is 0.0594 e. The number of H-pyrrole nitrogens is 1. The van der Waals surface area contributed by atoms with Gasteiger partial charge < -0.3 is 9.72 Å². The summed E-state index contributed by atoms with van der Waals surface area (Å²) in [7, 11) is 0. The Labute approximate surface area is 122 Å². The summed E-state index contributed by atoms with van der Waals surface area (Å²) in [6.45, 7) is 10.0. The van der Waals surface area contributed by atoms with Crippen LogP contribution in [0.25, 0.3) is 0 Å². The third-order valence-corrected chi connectivity index (χ3v) is 4.90. The number of hydrogen-bond acceptors (Lipinski definition) is 2. The maximum atomic E-state index is 5.40. The summed E-state index contributed by atoms with van der Waals surface area (Å²) in [6.07, 6.45) is 8.57. The van der Waals surface area contributed by atoms with Gasteiger partial charge in [0.25, 0.3) is 0 Å². The second-order valence-corrected chi connectivity index (χ2v) is 7.17. The summed E-state index contributed by atoms with van der Waals surface area (Å²) >= 11 is 0. The summed E-state index contributed by atoms with van der Waals surface area (Å²) in [5.41, 5.74) is 5.18. The van der Waals surface area contributed by atoms with Gasteiger partial charge >= 0.3 is 0 Å². The van der Waals surface area contributed by atoms with E-state index in [9.17, 15) is 0 Å². The highest BCUT2D eigenvalue weighted by atomic mass is 16.5. The van der Waals surface area contributed by atoms with Gasteiger partial charge in [-0.05, 0) is 55.2 Å². The van der Waals surface area contributed by atoms with E-state index in [-0.39, 0.29) is 0 Å². The molecule has 0 saturated carbocycles. The number of aryl methyl sites for hydroxylation is 1. The van der Waals surface area contributed by atoms with Crippen LogP contribution in [0.2, 0.25) is 0 Å². The Hall–Kier alpha value is -0.800. The van der Waals surface area contributed by atoms with Crippen LogP contribution in [0.3, 0.4) is 0 Å². The molecule has 1 N–H and O–H groups in total. The van der Waals surface area contributed by atoms with E-state index in [4.69, 9.17) is 4.74 Å². The van der Waals surface area contributed by atoms with Crippen LogP contribution in [0.4, 0.5) is 0 Å². The Morgan fingerprint density at radius 3 is 2.90 bits per heavy atom. The minimum atomic E-state index is 0.475. The minimum Gasteiger partial charge on any atom is -0.379 e. The van der Waals surface area contributed by atoms with Crippen molar-refractivity contribution in [1.82, 2.24) is 9.88 Å². The van der Waals surface area contributed by atoms with Crippen molar-refractivity contribution in [2.24, 2.45) is 5.41 Å². The molecule has 0 spiro atoms. The maximum Gasteiger partial charge on any atom is 0.0594 e. The van der Waals surface area contributed by atoms with E-state index in [1.54, 1.807) is 11.1 Å². The van der Waals surface area contributed by atoms with Crippen molar-refractivity contribution in [2.45, 2.75) is 46.0 Å². The molecule has 0 bridgehead atoms. The van der Waals surface area contributed by atoms with E-state index in [0.717, 1.165) is 26.3 Å². The number of aromatic amines is 1. The fraction of sp³-hybridized carbons (Fsp3) is 0.765. The van der Waals surface area contributed by atoms with Crippen molar-refractivity contribution in [3.8, 4) is 0 Å². The average Bonchev–Trinajstić information content (AvgIpc) is 2.81. The number of nitrogens with one attached hydrogen (secondary N) is 1. The lowest BCUT2D eigenvalue weighted by atomic mass is 9.76. The monoisotopic (exact) mass is 276 g/mol. The van der Waals surface area contributed by atoms with E-state index >= 15 is 0 Å². The first-order chi connectivity index (χ1) is 9.64. The SMILES string of the molecule is CC1(C)CCc2c(CCCN3CCOCC3)c[nH]c2C1. The van der Waals surface area contributed by atoms with Crippen LogP contribution < -0.4 is 0 Å². The van der Waals surface area contributed by atoms with Crippen molar-refractivity contribution in [3.63, 3.8) is 0 Å². The quantitative estimate of drug-likeness (QED) is 0.916. The van der Waals surface area contributed by atoms with Gasteiger partial charge in [0.2, 0.25) is 0 Å². The maximum absolute atomic E-state index is 5.40. The molecule has 1 fully saturated rings. The highest BCUT2D eigenvalue weighted by Crippen LogP contribution is 2.35. The first kappa shape index (κ1) is 14.2. The second-order valence-electron chi connectivity index (χ2n) is 7.17. The first-order valence-electron chi connectivity index (χ1n) is 8.12. The zero-order valence-corrected chi connectivity index (χ0v) is 13.0. The Kier molecular flexibility index (Phi) is 4.18. The molecule has 0 amide bonds. The number of rotatable bonds is 4. The molecule has 1 aliphatic heterocycles. The number of fused-ring (bicyclic) bond motifs is 1. The number of ether oxygens (including phenoxy) is 1. The van der Waals surface area contributed by atoms with Crippen LogP contribution in [0.5, 0.6) is 0 Å². The van der Waals surface area contributed by atoms with Gasteiger partial charge in [0.05, 0.1) is 13.2 Å². The molecule has 112 valence electrons. The molecule has 20 heavy (non-hydrogen) atoms. The lowest BCUT2D eigenvalue weighted by molar-refractivity contribution is 0.0374. The Bertz CT molecular complexity index is 444. The van der Waals surface area contributed by atoms with Crippen LogP contribution in [0.15, 0.2) is 6.20 Å². The molecule has 1 aliphatic carbocycles. The van der Waals surface area contributed by atoms with E-state index in [1.807, 2.05) is 0 Å². The molecule has 0 unspecified atom stereocenters. The van der Waals surface area contributed by atoms with Gasteiger partial charge in [-0.1, -0.05) is 13.8 Å². The molecule has 0 radical (unpaired) electrons. The molecule has 3 nitrogen and oxygen atoms in total. The van der Waals surface area contributed by atoms with Crippen LogP contribution >= 0.6 is 0 Å². The number of morpholine rings is 1. The molecule has 3 heteroatoms. The van der Waals surface area contributed by atoms with E-state index < -0.39 is 0 Å². The molecule has 0 atom stereocenters. The predicted molar refractivity (Wildman–Crippen MR) is 82.2 cm³/mol. The van der Waals surface area contributed by atoms with Gasteiger partial charge in [-0.15, -0.1) is 0 Å². The molecular weight excluding hydrogens is 248 g/mol. The largest absolute Gasteiger partial charge is 0.379 e. The minimum absolute atomic E-state index is 0.475. The van der Waals surface area contributed by atoms with Gasteiger partial charge in [0.1, 0.15) is 0 Å². The van der Waals surface area contributed by atoms with Crippen LogP contribution in [-0.2, 0) is 24.0 Å². The summed E-state index contributed by atoms with van der Waals surface area (Å²) in [6, 6.07) is 0. The Morgan fingerprint density at radius 1 is 1.30 bits per heavy atom. The van der Waals surface area contributed by atoms with Crippen LogP contribution in [-0.4, -0.2) is 42.7 Å². The lowest BCUT2D eigenvalue weighted by Gasteiger charge is -2.30. The van der Waals surface area contributed by atoms with Gasteiger partial charge in [0.15, 0.2) is 0 Å². The topological polar surface area (TPSA) is 28.3 Å². The molecule has 2 aliphatic rings. The molecule has 0 aromatic carbocycles. The standard InChI is InChI=1S/C17H28N2O/c1-17(2)6-5-15-14(13-18-16(15)12-17)4-3-7-19-8-10-20-11-9-19/h13,18H,3-12H2,1-2H3. The van der Waals surface area contributed by atoms with Crippen molar-refractivity contribution < 1.29 is 4.74 Å². The van der Waals surface area contributed by atoms with Crippen molar-refractivity contribution in [3.05, 3.63) is 23.0 Å². The average molecular weight is 276 g/mol. The zero-order valence-electron chi connectivity index (χ0n) is 13.0. The Balaban J connectivity index is 1.52. The predicted octanol–water partition coefficient (Wildman–Crippen LogP) is 2.79. The van der Waals surface area contributed by atoms with Gasteiger partial charge in [-0.25, -0.2) is 0 Å². The normalized spacial score (nSPS) is 22.7. The number of hydrogen-bond donors (Lipinski definition) is 1. The highest BCUT2D eigenvalue weighted by Gasteiger charge is 2.27. The highest BCUT2D eigenvalue weighted by molar-refractivity contribution is 5.34. The molecule has 1 aromatic rings. The van der Waals surface area contributed by atoms with Gasteiger partial charge in [-0.3, -0.25) is 4.90 Å². The fourth-order valence-electron chi connectivity index (χ4n) is 3.58. The van der Waals surface area contributed by atoms with E-state index in [1.165, 1.54) is 44.3 Å². The lowest BCUT2D eigenvalue weighted by Crippen LogP contribution is -2.36. The molecular formula is C17H28N2O. The summed E-state index contributed by atoms with van der Waals surface area (Å²) in [4.78, 5) is 6.07.